The zero-order valence-corrected chi connectivity index (χ0v) is 17.2. The van der Waals surface area contributed by atoms with Crippen molar-refractivity contribution in [1.82, 2.24) is 19.1 Å². The average Bonchev–Trinajstić information content (AvgIpc) is 3.25. The van der Waals surface area contributed by atoms with E-state index in [2.05, 4.69) is 10.2 Å². The van der Waals surface area contributed by atoms with Crippen LogP contribution in [0.4, 0.5) is 4.39 Å². The standard InChI is InChI=1S/C20H27FN4O3S/c21-19-11-17(4-3-16(19)12-25-9-1-2-10-29(25,27)28)20(13-26)7-5-18(6-8-20)24-14-22-23-15-24/h3-4,11,14-15,18,26H,1-2,5-10,12-13H2. The Balaban J connectivity index is 1.50. The highest BCUT2D eigenvalue weighted by atomic mass is 32.2. The average molecular weight is 423 g/mol. The fraction of sp³-hybridized carbons (Fsp3) is 0.600. The molecule has 0 radical (unpaired) electrons. The van der Waals surface area contributed by atoms with Crippen LogP contribution in [0.5, 0.6) is 0 Å². The highest BCUT2D eigenvalue weighted by Gasteiger charge is 2.37. The minimum absolute atomic E-state index is 0.0405. The van der Waals surface area contributed by atoms with Crippen LogP contribution < -0.4 is 0 Å². The molecule has 1 N–H and O–H groups in total. The molecule has 1 saturated heterocycles. The minimum atomic E-state index is -3.30. The quantitative estimate of drug-likeness (QED) is 0.799. The van der Waals surface area contributed by atoms with Crippen LogP contribution in [-0.4, -0.2) is 51.5 Å². The van der Waals surface area contributed by atoms with E-state index >= 15 is 0 Å². The molecule has 158 valence electrons. The first-order valence-corrected chi connectivity index (χ1v) is 11.8. The molecule has 1 aromatic carbocycles. The van der Waals surface area contributed by atoms with Gasteiger partial charge in [0.15, 0.2) is 0 Å². The Morgan fingerprint density at radius 3 is 2.52 bits per heavy atom. The number of sulfonamides is 1. The van der Waals surface area contributed by atoms with E-state index in [9.17, 15) is 17.9 Å². The molecule has 9 heteroatoms. The molecular weight excluding hydrogens is 395 g/mol. The molecule has 7 nitrogen and oxygen atoms in total. The van der Waals surface area contributed by atoms with Gasteiger partial charge in [-0.2, -0.15) is 4.31 Å². The summed E-state index contributed by atoms with van der Waals surface area (Å²) in [7, 11) is -3.30. The van der Waals surface area contributed by atoms with Crippen LogP contribution in [0, 0.1) is 5.82 Å². The molecule has 0 atom stereocenters. The first-order valence-electron chi connectivity index (χ1n) is 10.2. The van der Waals surface area contributed by atoms with E-state index < -0.39 is 21.3 Å². The Bertz CT molecular complexity index is 941. The van der Waals surface area contributed by atoms with Gasteiger partial charge >= 0.3 is 0 Å². The lowest BCUT2D eigenvalue weighted by Crippen LogP contribution is -2.38. The molecule has 1 aliphatic carbocycles. The van der Waals surface area contributed by atoms with Gasteiger partial charge in [-0.25, -0.2) is 12.8 Å². The molecule has 29 heavy (non-hydrogen) atoms. The predicted molar refractivity (Wildman–Crippen MR) is 106 cm³/mol. The maximum atomic E-state index is 14.9. The summed E-state index contributed by atoms with van der Waals surface area (Å²) in [4.78, 5) is 0. The second-order valence-corrected chi connectivity index (χ2v) is 10.3. The van der Waals surface area contributed by atoms with Crippen molar-refractivity contribution in [3.8, 4) is 0 Å². The Labute approximate surface area is 170 Å². The molecule has 4 rings (SSSR count). The molecular formula is C20H27FN4O3S. The highest BCUT2D eigenvalue weighted by molar-refractivity contribution is 7.89. The molecule has 0 unspecified atom stereocenters. The van der Waals surface area contributed by atoms with Gasteiger partial charge in [0.1, 0.15) is 18.5 Å². The van der Waals surface area contributed by atoms with Crippen molar-refractivity contribution in [2.24, 2.45) is 0 Å². The van der Waals surface area contributed by atoms with E-state index in [-0.39, 0.29) is 24.9 Å². The molecule has 0 amide bonds. The first-order chi connectivity index (χ1) is 13.9. The van der Waals surface area contributed by atoms with Crippen molar-refractivity contribution >= 4 is 10.0 Å². The number of aliphatic hydroxyl groups excluding tert-OH is 1. The number of benzene rings is 1. The minimum Gasteiger partial charge on any atom is -0.395 e. The van der Waals surface area contributed by atoms with Gasteiger partial charge in [0.2, 0.25) is 10.0 Å². The Morgan fingerprint density at radius 2 is 1.90 bits per heavy atom. The third kappa shape index (κ3) is 4.08. The van der Waals surface area contributed by atoms with Crippen LogP contribution in [-0.2, 0) is 22.0 Å². The lowest BCUT2D eigenvalue weighted by Gasteiger charge is -2.39. The maximum absolute atomic E-state index is 14.9. The predicted octanol–water partition coefficient (Wildman–Crippen LogP) is 2.39. The zero-order chi connectivity index (χ0) is 20.5. The summed E-state index contributed by atoms with van der Waals surface area (Å²) < 4.78 is 42.7. The van der Waals surface area contributed by atoms with Crippen LogP contribution in [0.25, 0.3) is 0 Å². The number of hydrogen-bond acceptors (Lipinski definition) is 5. The van der Waals surface area contributed by atoms with E-state index in [1.807, 2.05) is 10.6 Å². The van der Waals surface area contributed by atoms with Crippen molar-refractivity contribution in [2.45, 2.75) is 56.5 Å². The van der Waals surface area contributed by atoms with Crippen molar-refractivity contribution < 1.29 is 17.9 Å². The van der Waals surface area contributed by atoms with Crippen LogP contribution in [0.2, 0.25) is 0 Å². The number of rotatable bonds is 5. The molecule has 2 aliphatic rings. The van der Waals surface area contributed by atoms with Gasteiger partial charge in [-0.05, 0) is 50.2 Å². The van der Waals surface area contributed by atoms with Gasteiger partial charge in [-0.1, -0.05) is 12.1 Å². The summed E-state index contributed by atoms with van der Waals surface area (Å²) in [5.41, 5.74) is 0.691. The lowest BCUT2D eigenvalue weighted by molar-refractivity contribution is 0.132. The lowest BCUT2D eigenvalue weighted by atomic mass is 9.68. The summed E-state index contributed by atoms with van der Waals surface area (Å²) in [6, 6.07) is 5.31. The first kappa shape index (κ1) is 20.4. The zero-order valence-electron chi connectivity index (χ0n) is 16.4. The smallest absolute Gasteiger partial charge is 0.214 e. The monoisotopic (exact) mass is 422 g/mol. The van der Waals surface area contributed by atoms with Gasteiger partial charge in [0.25, 0.3) is 0 Å². The second-order valence-electron chi connectivity index (χ2n) is 8.24. The normalized spacial score (nSPS) is 27.7. The summed E-state index contributed by atoms with van der Waals surface area (Å²) in [5.74, 6) is -0.273. The number of halogens is 1. The molecule has 2 aromatic rings. The van der Waals surface area contributed by atoms with Crippen molar-refractivity contribution in [3.63, 3.8) is 0 Å². The second kappa shape index (κ2) is 8.12. The summed E-state index contributed by atoms with van der Waals surface area (Å²) in [5, 5.41) is 17.9. The fourth-order valence-electron chi connectivity index (χ4n) is 4.60. The molecule has 0 bridgehead atoms. The van der Waals surface area contributed by atoms with Gasteiger partial charge in [-0.15, -0.1) is 10.2 Å². The Kier molecular flexibility index (Phi) is 5.72. The number of nitrogens with zero attached hydrogens (tertiary/aromatic N) is 4. The third-order valence-corrected chi connectivity index (χ3v) is 8.44. The van der Waals surface area contributed by atoms with Crippen molar-refractivity contribution in [2.75, 3.05) is 18.9 Å². The number of hydrogen-bond donors (Lipinski definition) is 1. The molecule has 1 saturated carbocycles. The van der Waals surface area contributed by atoms with Gasteiger partial charge in [-0.3, -0.25) is 0 Å². The van der Waals surface area contributed by atoms with Crippen molar-refractivity contribution in [3.05, 3.63) is 47.8 Å². The largest absolute Gasteiger partial charge is 0.395 e. The van der Waals surface area contributed by atoms with E-state index in [1.165, 1.54) is 10.4 Å². The van der Waals surface area contributed by atoms with E-state index in [1.54, 1.807) is 18.7 Å². The van der Waals surface area contributed by atoms with Crippen molar-refractivity contribution in [1.29, 1.82) is 0 Å². The van der Waals surface area contributed by atoms with Gasteiger partial charge in [0.05, 0.1) is 12.4 Å². The van der Waals surface area contributed by atoms with Crippen LogP contribution in [0.3, 0.4) is 0 Å². The van der Waals surface area contributed by atoms with E-state index in [0.717, 1.165) is 37.7 Å². The molecule has 1 aromatic heterocycles. The summed E-state index contributed by atoms with van der Waals surface area (Å²) in [6.45, 7) is 0.464. The van der Waals surface area contributed by atoms with Gasteiger partial charge < -0.3 is 9.67 Å². The maximum Gasteiger partial charge on any atom is 0.214 e. The number of aromatic nitrogens is 3. The summed E-state index contributed by atoms with van der Waals surface area (Å²) >= 11 is 0. The molecule has 2 heterocycles. The van der Waals surface area contributed by atoms with Crippen LogP contribution in [0.1, 0.15) is 55.7 Å². The Morgan fingerprint density at radius 1 is 1.17 bits per heavy atom. The third-order valence-electron chi connectivity index (χ3n) is 6.54. The van der Waals surface area contributed by atoms with E-state index in [0.29, 0.717) is 18.5 Å². The summed E-state index contributed by atoms with van der Waals surface area (Å²) in [6.07, 6.45) is 8.08. The number of aliphatic hydroxyl groups is 1. The SMILES string of the molecule is O=S1(=O)CCCCN1Cc1ccc(C2(CO)CCC(n3cnnc3)CC2)cc1F. The fourth-order valence-corrected chi connectivity index (χ4v) is 6.17. The van der Waals surface area contributed by atoms with E-state index in [4.69, 9.17) is 0 Å². The van der Waals surface area contributed by atoms with Gasteiger partial charge in [0, 0.05) is 30.1 Å². The molecule has 0 spiro atoms. The topological polar surface area (TPSA) is 88.3 Å². The van der Waals surface area contributed by atoms with Crippen LogP contribution >= 0.6 is 0 Å². The molecule has 2 fully saturated rings. The van der Waals surface area contributed by atoms with Crippen LogP contribution in [0.15, 0.2) is 30.9 Å². The Hall–Kier alpha value is -1.84. The molecule has 1 aliphatic heterocycles. The highest BCUT2D eigenvalue weighted by Crippen LogP contribution is 2.43.